The third-order valence-electron chi connectivity index (χ3n) is 3.26. The topological polar surface area (TPSA) is 93.5 Å². The highest BCUT2D eigenvalue weighted by Crippen LogP contribution is 2.25. The van der Waals surface area contributed by atoms with Crippen molar-refractivity contribution < 1.29 is 19.4 Å². The molecule has 7 nitrogen and oxygen atoms in total. The fourth-order valence-corrected chi connectivity index (χ4v) is 2.44. The summed E-state index contributed by atoms with van der Waals surface area (Å²) in [4.78, 5) is 27.7. The number of aryl methyl sites for hydroxylation is 1. The number of carboxylic acids is 1. The number of fused-ring (bicyclic) bond motifs is 1. The Labute approximate surface area is 140 Å². The number of amides is 1. The van der Waals surface area contributed by atoms with Crippen LogP contribution in [-0.2, 0) is 22.5 Å². The van der Waals surface area contributed by atoms with Gasteiger partial charge in [0.15, 0.2) is 0 Å². The Balaban J connectivity index is 2.42. The highest BCUT2D eigenvalue weighted by Gasteiger charge is 2.19. The molecule has 24 heavy (non-hydrogen) atoms. The number of aliphatic carboxylic acids is 1. The Kier molecular flexibility index (Phi) is 5.11. The SMILES string of the molecule is CCCc1nc2c(NC(=O)OC(C)(C)C)cccc2n1CC(=O)O. The number of aromatic nitrogens is 2. The van der Waals surface area contributed by atoms with Crippen LogP contribution in [0.5, 0.6) is 0 Å². The number of imidazole rings is 1. The van der Waals surface area contributed by atoms with Crippen LogP contribution in [0.25, 0.3) is 11.0 Å². The van der Waals surface area contributed by atoms with E-state index in [0.29, 0.717) is 29.0 Å². The number of hydrogen-bond donors (Lipinski definition) is 2. The minimum atomic E-state index is -0.933. The number of para-hydroxylation sites is 1. The molecule has 0 aliphatic rings. The Morgan fingerprint density at radius 1 is 1.33 bits per heavy atom. The lowest BCUT2D eigenvalue weighted by Gasteiger charge is -2.19. The van der Waals surface area contributed by atoms with Gasteiger partial charge in [-0.25, -0.2) is 9.78 Å². The molecule has 1 heterocycles. The van der Waals surface area contributed by atoms with E-state index in [1.807, 2.05) is 6.92 Å². The zero-order valence-electron chi connectivity index (χ0n) is 14.4. The number of rotatable bonds is 5. The van der Waals surface area contributed by atoms with Crippen molar-refractivity contribution in [3.63, 3.8) is 0 Å². The largest absolute Gasteiger partial charge is 0.480 e. The van der Waals surface area contributed by atoms with Crippen molar-refractivity contribution in [2.75, 3.05) is 5.32 Å². The zero-order chi connectivity index (χ0) is 17.9. The van der Waals surface area contributed by atoms with Gasteiger partial charge in [-0.1, -0.05) is 13.0 Å². The highest BCUT2D eigenvalue weighted by molar-refractivity contribution is 5.97. The average Bonchev–Trinajstić information content (AvgIpc) is 2.76. The van der Waals surface area contributed by atoms with E-state index in [1.54, 1.807) is 43.5 Å². The van der Waals surface area contributed by atoms with Crippen molar-refractivity contribution in [3.8, 4) is 0 Å². The molecule has 0 atom stereocenters. The molecule has 2 rings (SSSR count). The van der Waals surface area contributed by atoms with Gasteiger partial charge in [0.1, 0.15) is 23.5 Å². The molecule has 1 aromatic heterocycles. The summed E-state index contributed by atoms with van der Waals surface area (Å²) in [6.45, 7) is 7.20. The van der Waals surface area contributed by atoms with Crippen LogP contribution in [0, 0.1) is 0 Å². The molecule has 1 aromatic carbocycles. The Morgan fingerprint density at radius 3 is 2.62 bits per heavy atom. The van der Waals surface area contributed by atoms with Crippen LogP contribution in [0.1, 0.15) is 39.9 Å². The lowest BCUT2D eigenvalue weighted by molar-refractivity contribution is -0.137. The van der Waals surface area contributed by atoms with Gasteiger partial charge in [0.2, 0.25) is 0 Å². The Hall–Kier alpha value is -2.57. The fraction of sp³-hybridized carbons (Fsp3) is 0.471. The van der Waals surface area contributed by atoms with Crippen LogP contribution in [0.2, 0.25) is 0 Å². The van der Waals surface area contributed by atoms with Crippen LogP contribution in [0.3, 0.4) is 0 Å². The number of nitrogens with zero attached hydrogens (tertiary/aromatic N) is 2. The first kappa shape index (κ1) is 17.8. The number of carbonyl (C=O) groups excluding carboxylic acids is 1. The highest BCUT2D eigenvalue weighted by atomic mass is 16.6. The summed E-state index contributed by atoms with van der Waals surface area (Å²) in [6, 6.07) is 5.27. The number of hydrogen-bond acceptors (Lipinski definition) is 4. The van der Waals surface area contributed by atoms with Crippen molar-refractivity contribution in [1.29, 1.82) is 0 Å². The van der Waals surface area contributed by atoms with Crippen molar-refractivity contribution in [2.45, 2.75) is 52.7 Å². The van der Waals surface area contributed by atoms with Crippen LogP contribution in [0.15, 0.2) is 18.2 Å². The van der Waals surface area contributed by atoms with E-state index in [-0.39, 0.29) is 6.54 Å². The number of benzene rings is 1. The van der Waals surface area contributed by atoms with Crippen molar-refractivity contribution in [3.05, 3.63) is 24.0 Å². The normalized spacial score (nSPS) is 11.5. The number of carbonyl (C=O) groups is 2. The van der Waals surface area contributed by atoms with Gasteiger partial charge in [0.05, 0.1) is 11.2 Å². The standard InChI is InChI=1S/C17H23N3O4/c1-5-7-13-19-15-11(18-16(23)24-17(2,3)4)8-6-9-12(15)20(13)10-14(21)22/h6,8-9H,5,7,10H2,1-4H3,(H,18,23)(H,21,22). The minimum absolute atomic E-state index is 0.165. The van der Waals surface area contributed by atoms with E-state index in [4.69, 9.17) is 9.84 Å². The van der Waals surface area contributed by atoms with Crippen LogP contribution in [-0.4, -0.2) is 32.3 Å². The quantitative estimate of drug-likeness (QED) is 0.874. The molecular formula is C17H23N3O4. The maximum atomic E-state index is 12.0. The van der Waals surface area contributed by atoms with E-state index < -0.39 is 17.7 Å². The number of carboxylic acid groups (broad SMARTS) is 1. The molecule has 2 aromatic rings. The third-order valence-corrected chi connectivity index (χ3v) is 3.26. The smallest absolute Gasteiger partial charge is 0.412 e. The van der Waals surface area contributed by atoms with Gasteiger partial charge in [-0.2, -0.15) is 0 Å². The second kappa shape index (κ2) is 6.90. The number of anilines is 1. The molecule has 2 N–H and O–H groups in total. The lowest BCUT2D eigenvalue weighted by atomic mass is 10.2. The number of ether oxygens (including phenoxy) is 1. The average molecular weight is 333 g/mol. The van der Waals surface area contributed by atoms with Crippen molar-refractivity contribution in [1.82, 2.24) is 9.55 Å². The van der Waals surface area contributed by atoms with Crippen LogP contribution >= 0.6 is 0 Å². The molecule has 0 bridgehead atoms. The predicted octanol–water partition coefficient (Wildman–Crippen LogP) is 3.42. The maximum Gasteiger partial charge on any atom is 0.412 e. The molecular weight excluding hydrogens is 310 g/mol. The van der Waals surface area contributed by atoms with Gasteiger partial charge in [-0.15, -0.1) is 0 Å². The van der Waals surface area contributed by atoms with Crippen molar-refractivity contribution in [2.24, 2.45) is 0 Å². The Bertz CT molecular complexity index is 759. The first-order chi connectivity index (χ1) is 11.2. The second-order valence-corrected chi connectivity index (χ2v) is 6.56. The van der Waals surface area contributed by atoms with E-state index in [0.717, 1.165) is 6.42 Å². The summed E-state index contributed by atoms with van der Waals surface area (Å²) >= 11 is 0. The van der Waals surface area contributed by atoms with Crippen LogP contribution in [0.4, 0.5) is 10.5 Å². The molecule has 0 spiro atoms. The monoisotopic (exact) mass is 333 g/mol. The van der Waals surface area contributed by atoms with Gasteiger partial charge < -0.3 is 14.4 Å². The van der Waals surface area contributed by atoms with Gasteiger partial charge >= 0.3 is 12.1 Å². The first-order valence-electron chi connectivity index (χ1n) is 7.91. The predicted molar refractivity (Wildman–Crippen MR) is 91.2 cm³/mol. The molecule has 7 heteroatoms. The molecule has 0 fully saturated rings. The van der Waals surface area contributed by atoms with Gasteiger partial charge in [0.25, 0.3) is 0 Å². The fourth-order valence-electron chi connectivity index (χ4n) is 2.44. The zero-order valence-corrected chi connectivity index (χ0v) is 14.4. The van der Waals surface area contributed by atoms with Gasteiger partial charge in [0, 0.05) is 6.42 Å². The molecule has 0 saturated carbocycles. The third kappa shape index (κ3) is 4.24. The van der Waals surface area contributed by atoms with E-state index in [9.17, 15) is 9.59 Å². The molecule has 0 unspecified atom stereocenters. The second-order valence-electron chi connectivity index (χ2n) is 6.56. The summed E-state index contributed by atoms with van der Waals surface area (Å²) in [5.74, 6) is -0.245. The molecule has 0 aliphatic heterocycles. The minimum Gasteiger partial charge on any atom is -0.480 e. The summed E-state index contributed by atoms with van der Waals surface area (Å²) in [7, 11) is 0. The van der Waals surface area contributed by atoms with Crippen molar-refractivity contribution >= 4 is 28.8 Å². The molecule has 0 radical (unpaired) electrons. The summed E-state index contributed by atoms with van der Waals surface area (Å²) in [5, 5.41) is 11.8. The van der Waals surface area contributed by atoms with Crippen LogP contribution < -0.4 is 5.32 Å². The molecule has 130 valence electrons. The van der Waals surface area contributed by atoms with Gasteiger partial charge in [-0.05, 0) is 39.3 Å². The summed E-state index contributed by atoms with van der Waals surface area (Å²) < 4.78 is 6.93. The van der Waals surface area contributed by atoms with E-state index in [2.05, 4.69) is 10.3 Å². The van der Waals surface area contributed by atoms with E-state index >= 15 is 0 Å². The molecule has 0 saturated heterocycles. The summed E-state index contributed by atoms with van der Waals surface area (Å²) in [5.41, 5.74) is 1.14. The van der Waals surface area contributed by atoms with E-state index in [1.165, 1.54) is 0 Å². The first-order valence-corrected chi connectivity index (χ1v) is 7.91. The lowest BCUT2D eigenvalue weighted by Crippen LogP contribution is -2.27. The maximum absolute atomic E-state index is 12.0. The van der Waals surface area contributed by atoms with Gasteiger partial charge in [-0.3, -0.25) is 10.1 Å². The molecule has 0 aliphatic carbocycles. The molecule has 1 amide bonds. The summed E-state index contributed by atoms with van der Waals surface area (Å²) in [6.07, 6.45) is 0.936. The Morgan fingerprint density at radius 2 is 2.04 bits per heavy atom. The number of nitrogens with one attached hydrogen (secondary N) is 1.